The quantitative estimate of drug-likeness (QED) is 0.871. The van der Waals surface area contributed by atoms with Gasteiger partial charge >= 0.3 is 0 Å². The zero-order valence-corrected chi connectivity index (χ0v) is 13.2. The monoisotopic (exact) mass is 300 g/mol. The maximum atomic E-state index is 11.7. The van der Waals surface area contributed by atoms with Gasteiger partial charge in [0, 0.05) is 32.5 Å². The van der Waals surface area contributed by atoms with Gasteiger partial charge in [-0.3, -0.25) is 0 Å². The van der Waals surface area contributed by atoms with E-state index in [0.717, 1.165) is 25.1 Å². The van der Waals surface area contributed by atoms with Crippen LogP contribution in [0.5, 0.6) is 0 Å². The summed E-state index contributed by atoms with van der Waals surface area (Å²) in [6.45, 7) is 1.28. The molecule has 1 aromatic heterocycles. The van der Waals surface area contributed by atoms with Gasteiger partial charge in [0.2, 0.25) is 10.0 Å². The van der Waals surface area contributed by atoms with E-state index in [1.54, 1.807) is 10.5 Å². The van der Waals surface area contributed by atoms with Gasteiger partial charge in [0.15, 0.2) is 0 Å². The van der Waals surface area contributed by atoms with Gasteiger partial charge in [0.1, 0.15) is 5.82 Å². The fourth-order valence-electron chi connectivity index (χ4n) is 2.92. The number of imidazole rings is 1. The molecule has 1 N–H and O–H groups in total. The molecule has 0 spiro atoms. The van der Waals surface area contributed by atoms with Crippen LogP contribution in [0, 0.1) is 5.92 Å². The third-order valence-electron chi connectivity index (χ3n) is 4.04. The van der Waals surface area contributed by atoms with E-state index >= 15 is 0 Å². The highest BCUT2D eigenvalue weighted by Gasteiger charge is 2.28. The van der Waals surface area contributed by atoms with Crippen LogP contribution in [0.1, 0.15) is 31.1 Å². The Labute approximate surface area is 121 Å². The molecule has 0 amide bonds. The van der Waals surface area contributed by atoms with Crippen molar-refractivity contribution in [1.82, 2.24) is 19.2 Å². The predicted octanol–water partition coefficient (Wildman–Crippen LogP) is 0.742. The first-order valence-electron chi connectivity index (χ1n) is 7.01. The van der Waals surface area contributed by atoms with Crippen LogP contribution in [-0.2, 0) is 17.1 Å². The molecule has 1 aliphatic heterocycles. The van der Waals surface area contributed by atoms with Crippen LogP contribution in [0.15, 0.2) is 12.4 Å². The maximum Gasteiger partial charge on any atom is 0.211 e. The van der Waals surface area contributed by atoms with Gasteiger partial charge in [-0.1, -0.05) is 0 Å². The first-order chi connectivity index (χ1) is 9.41. The van der Waals surface area contributed by atoms with E-state index in [1.807, 2.05) is 24.9 Å². The zero-order valence-electron chi connectivity index (χ0n) is 12.4. The van der Waals surface area contributed by atoms with E-state index in [1.165, 1.54) is 6.26 Å². The van der Waals surface area contributed by atoms with Crippen molar-refractivity contribution in [2.24, 2.45) is 13.0 Å². The van der Waals surface area contributed by atoms with E-state index in [2.05, 4.69) is 10.3 Å². The van der Waals surface area contributed by atoms with Crippen molar-refractivity contribution < 1.29 is 8.42 Å². The Bertz CT molecular complexity index is 540. The number of sulfonamides is 1. The molecule has 1 fully saturated rings. The van der Waals surface area contributed by atoms with Crippen molar-refractivity contribution >= 4 is 10.0 Å². The molecule has 6 nitrogen and oxygen atoms in total. The molecule has 20 heavy (non-hydrogen) atoms. The summed E-state index contributed by atoms with van der Waals surface area (Å²) in [5.74, 6) is 1.39. The minimum absolute atomic E-state index is 0.166. The zero-order chi connectivity index (χ0) is 14.8. The Hall–Kier alpha value is -0.920. The minimum atomic E-state index is -3.07. The van der Waals surface area contributed by atoms with Crippen LogP contribution >= 0.6 is 0 Å². The van der Waals surface area contributed by atoms with Gasteiger partial charge in [-0.15, -0.1) is 0 Å². The number of piperidine rings is 1. The lowest BCUT2D eigenvalue weighted by atomic mass is 9.92. The van der Waals surface area contributed by atoms with Crippen LogP contribution in [0.3, 0.4) is 0 Å². The van der Waals surface area contributed by atoms with Crippen molar-refractivity contribution in [1.29, 1.82) is 0 Å². The molecule has 2 unspecified atom stereocenters. The Morgan fingerprint density at radius 2 is 2.30 bits per heavy atom. The molecule has 2 rings (SSSR count). The second-order valence-corrected chi connectivity index (χ2v) is 7.59. The highest BCUT2D eigenvalue weighted by atomic mass is 32.2. The van der Waals surface area contributed by atoms with Gasteiger partial charge in [-0.2, -0.15) is 0 Å². The third-order valence-corrected chi connectivity index (χ3v) is 5.31. The number of aromatic nitrogens is 2. The predicted molar refractivity (Wildman–Crippen MR) is 78.8 cm³/mol. The first-order valence-corrected chi connectivity index (χ1v) is 8.86. The van der Waals surface area contributed by atoms with Crippen molar-refractivity contribution in [3.05, 3.63) is 18.2 Å². The maximum absolute atomic E-state index is 11.7. The van der Waals surface area contributed by atoms with Gasteiger partial charge in [0.05, 0.1) is 12.3 Å². The molecule has 0 aromatic carbocycles. The number of aryl methyl sites for hydroxylation is 1. The van der Waals surface area contributed by atoms with E-state index in [-0.39, 0.29) is 6.04 Å². The van der Waals surface area contributed by atoms with Crippen LogP contribution in [-0.4, -0.2) is 48.7 Å². The van der Waals surface area contributed by atoms with Gasteiger partial charge in [-0.25, -0.2) is 17.7 Å². The second kappa shape index (κ2) is 6.24. The number of nitrogens with zero attached hydrogens (tertiary/aromatic N) is 3. The average Bonchev–Trinajstić information content (AvgIpc) is 2.81. The van der Waals surface area contributed by atoms with E-state index < -0.39 is 10.0 Å². The van der Waals surface area contributed by atoms with Crippen LogP contribution < -0.4 is 5.32 Å². The SMILES string of the molecule is CNC(CC1CCCN(S(C)(=O)=O)C1)c1nccn1C. The largest absolute Gasteiger partial charge is 0.337 e. The molecular weight excluding hydrogens is 276 g/mol. The topological polar surface area (TPSA) is 67.2 Å². The highest BCUT2D eigenvalue weighted by molar-refractivity contribution is 7.88. The van der Waals surface area contributed by atoms with E-state index in [4.69, 9.17) is 0 Å². The summed E-state index contributed by atoms with van der Waals surface area (Å²) in [6.07, 6.45) is 7.95. The second-order valence-electron chi connectivity index (χ2n) is 5.60. The number of nitrogens with one attached hydrogen (secondary N) is 1. The van der Waals surface area contributed by atoms with Gasteiger partial charge < -0.3 is 9.88 Å². The minimum Gasteiger partial charge on any atom is -0.337 e. The Balaban J connectivity index is 2.03. The lowest BCUT2D eigenvalue weighted by molar-refractivity contribution is 0.237. The molecule has 0 bridgehead atoms. The standard InChI is InChI=1S/C13H24N4O2S/c1-14-12(13-15-6-8-16(13)2)9-11-5-4-7-17(10-11)20(3,18)19/h6,8,11-12,14H,4-5,7,9-10H2,1-3H3. The Morgan fingerprint density at radius 1 is 1.55 bits per heavy atom. The number of rotatable bonds is 5. The molecular formula is C13H24N4O2S. The molecule has 114 valence electrons. The fraction of sp³-hybridized carbons (Fsp3) is 0.769. The van der Waals surface area contributed by atoms with Crippen molar-refractivity contribution in [3.8, 4) is 0 Å². The Kier molecular flexibility index (Phi) is 4.82. The summed E-state index contributed by atoms with van der Waals surface area (Å²) < 4.78 is 26.9. The average molecular weight is 300 g/mol. The van der Waals surface area contributed by atoms with Crippen molar-refractivity contribution in [2.45, 2.75) is 25.3 Å². The van der Waals surface area contributed by atoms with Crippen LogP contribution in [0.4, 0.5) is 0 Å². The van der Waals surface area contributed by atoms with Crippen LogP contribution in [0.25, 0.3) is 0 Å². The van der Waals surface area contributed by atoms with E-state index in [9.17, 15) is 8.42 Å². The molecule has 0 aliphatic carbocycles. The van der Waals surface area contributed by atoms with E-state index in [0.29, 0.717) is 19.0 Å². The summed E-state index contributed by atoms with van der Waals surface area (Å²) in [5, 5.41) is 3.29. The third kappa shape index (κ3) is 3.59. The summed E-state index contributed by atoms with van der Waals surface area (Å²) in [4.78, 5) is 4.39. The summed E-state index contributed by atoms with van der Waals surface area (Å²) in [6, 6.07) is 0.166. The number of hydrogen-bond acceptors (Lipinski definition) is 4. The normalized spacial score (nSPS) is 22.9. The highest BCUT2D eigenvalue weighted by Crippen LogP contribution is 2.27. The van der Waals surface area contributed by atoms with Gasteiger partial charge in [-0.05, 0) is 32.2 Å². The molecule has 0 saturated carbocycles. The Morgan fingerprint density at radius 3 is 2.85 bits per heavy atom. The summed E-state index contributed by atoms with van der Waals surface area (Å²) in [5.41, 5.74) is 0. The molecule has 1 aromatic rings. The summed E-state index contributed by atoms with van der Waals surface area (Å²) >= 11 is 0. The molecule has 2 heterocycles. The molecule has 1 aliphatic rings. The molecule has 7 heteroatoms. The lowest BCUT2D eigenvalue weighted by Crippen LogP contribution is -2.40. The summed E-state index contributed by atoms with van der Waals surface area (Å²) in [7, 11) is 0.838. The van der Waals surface area contributed by atoms with Crippen molar-refractivity contribution in [3.63, 3.8) is 0 Å². The lowest BCUT2D eigenvalue weighted by Gasteiger charge is -2.32. The first kappa shape index (κ1) is 15.5. The smallest absolute Gasteiger partial charge is 0.211 e. The van der Waals surface area contributed by atoms with Gasteiger partial charge in [0.25, 0.3) is 0 Å². The molecule has 1 saturated heterocycles. The molecule has 0 radical (unpaired) electrons. The van der Waals surface area contributed by atoms with Crippen LogP contribution in [0.2, 0.25) is 0 Å². The fourth-order valence-corrected chi connectivity index (χ4v) is 3.86. The molecule has 2 atom stereocenters. The number of hydrogen-bond donors (Lipinski definition) is 1. The van der Waals surface area contributed by atoms with Crippen molar-refractivity contribution in [2.75, 3.05) is 26.4 Å².